The molecule has 0 saturated carbocycles. The van der Waals surface area contributed by atoms with Gasteiger partial charge in [-0.15, -0.1) is 0 Å². The van der Waals surface area contributed by atoms with Crippen molar-refractivity contribution in [1.82, 2.24) is 10.1 Å². The molecule has 1 amide bonds. The fraction of sp³-hybridized carbons (Fsp3) is 0.222. The van der Waals surface area contributed by atoms with E-state index in [0.29, 0.717) is 11.3 Å². The van der Waals surface area contributed by atoms with Gasteiger partial charge in [0.1, 0.15) is 0 Å². The molecule has 0 radical (unpaired) electrons. The van der Waals surface area contributed by atoms with Gasteiger partial charge in [0.25, 0.3) is 5.91 Å². The second-order valence-corrected chi connectivity index (χ2v) is 7.31. The summed E-state index contributed by atoms with van der Waals surface area (Å²) in [5.41, 5.74) is 5.50. The van der Waals surface area contributed by atoms with Crippen molar-refractivity contribution in [3.63, 3.8) is 0 Å². The number of amides is 1. The number of nitrogens with one attached hydrogen (secondary N) is 2. The van der Waals surface area contributed by atoms with Crippen LogP contribution in [0.2, 0.25) is 0 Å². The van der Waals surface area contributed by atoms with Crippen molar-refractivity contribution in [1.29, 1.82) is 0 Å². The molecule has 25 heavy (non-hydrogen) atoms. The van der Waals surface area contributed by atoms with Crippen LogP contribution in [-0.2, 0) is 16.4 Å². The number of nitrogens with zero attached hydrogens (tertiary/aromatic N) is 1. The molecule has 0 atom stereocenters. The number of hydrazone groups is 1. The van der Waals surface area contributed by atoms with Crippen LogP contribution in [0.4, 0.5) is 0 Å². The summed E-state index contributed by atoms with van der Waals surface area (Å²) in [6, 6.07) is 13.6. The minimum absolute atomic E-state index is 0.173. The Morgan fingerprint density at radius 1 is 1.00 bits per heavy atom. The van der Waals surface area contributed by atoms with E-state index in [4.69, 9.17) is 0 Å². The molecule has 0 heterocycles. The zero-order chi connectivity index (χ0) is 18.4. The molecule has 0 bridgehead atoms. The Labute approximate surface area is 148 Å². The predicted molar refractivity (Wildman–Crippen MR) is 98.2 cm³/mol. The molecule has 132 valence electrons. The number of benzene rings is 2. The molecular formula is C18H21N3O3S. The zero-order valence-electron chi connectivity index (χ0n) is 14.4. The van der Waals surface area contributed by atoms with E-state index in [0.717, 1.165) is 17.5 Å². The Bertz CT molecular complexity index is 871. The average molecular weight is 359 g/mol. The van der Waals surface area contributed by atoms with Crippen molar-refractivity contribution in [3.05, 3.63) is 65.2 Å². The van der Waals surface area contributed by atoms with Crippen molar-refractivity contribution in [2.75, 3.05) is 7.05 Å². The van der Waals surface area contributed by atoms with Crippen LogP contribution in [0.1, 0.15) is 35.3 Å². The number of carbonyl (C=O) groups is 1. The van der Waals surface area contributed by atoms with E-state index in [-0.39, 0.29) is 10.8 Å². The highest BCUT2D eigenvalue weighted by Gasteiger charge is 2.11. The molecule has 2 aromatic carbocycles. The van der Waals surface area contributed by atoms with Crippen molar-refractivity contribution >= 4 is 21.6 Å². The highest BCUT2D eigenvalue weighted by molar-refractivity contribution is 7.89. The number of hydrogen-bond acceptors (Lipinski definition) is 4. The van der Waals surface area contributed by atoms with Crippen LogP contribution < -0.4 is 10.1 Å². The van der Waals surface area contributed by atoms with E-state index in [1.54, 1.807) is 31.2 Å². The number of aryl methyl sites for hydroxylation is 1. The molecule has 0 saturated heterocycles. The summed E-state index contributed by atoms with van der Waals surface area (Å²) in [6.45, 7) is 3.79. The van der Waals surface area contributed by atoms with Gasteiger partial charge in [-0.05, 0) is 55.8 Å². The minimum atomic E-state index is -3.47. The van der Waals surface area contributed by atoms with Crippen LogP contribution in [0.15, 0.2) is 58.5 Å². The molecule has 2 rings (SSSR count). The molecular weight excluding hydrogens is 338 g/mol. The van der Waals surface area contributed by atoms with Gasteiger partial charge in [0.2, 0.25) is 10.0 Å². The number of hydrogen-bond donors (Lipinski definition) is 2. The SMILES string of the molecule is CCc1ccc(C(=O)N/N=C(/C)c2ccc(S(=O)(=O)NC)cc2)cc1. The Morgan fingerprint density at radius 3 is 2.08 bits per heavy atom. The normalized spacial score (nSPS) is 12.0. The maximum atomic E-state index is 12.1. The Hall–Kier alpha value is -2.51. The molecule has 0 aliphatic heterocycles. The number of rotatable bonds is 6. The quantitative estimate of drug-likeness (QED) is 0.613. The lowest BCUT2D eigenvalue weighted by Crippen LogP contribution is -2.20. The van der Waals surface area contributed by atoms with Gasteiger partial charge in [0.15, 0.2) is 0 Å². The van der Waals surface area contributed by atoms with Crippen molar-refractivity contribution in [3.8, 4) is 0 Å². The van der Waals surface area contributed by atoms with E-state index in [9.17, 15) is 13.2 Å². The third kappa shape index (κ3) is 4.74. The van der Waals surface area contributed by atoms with Crippen molar-refractivity contribution in [2.45, 2.75) is 25.2 Å². The summed E-state index contributed by atoms with van der Waals surface area (Å²) in [7, 11) is -2.11. The van der Waals surface area contributed by atoms with Gasteiger partial charge in [-0.2, -0.15) is 5.10 Å². The van der Waals surface area contributed by atoms with E-state index in [1.165, 1.54) is 19.2 Å². The van der Waals surface area contributed by atoms with E-state index < -0.39 is 10.0 Å². The summed E-state index contributed by atoms with van der Waals surface area (Å²) in [6.07, 6.45) is 0.915. The first kappa shape index (κ1) is 18.8. The lowest BCUT2D eigenvalue weighted by Gasteiger charge is -2.06. The Kier molecular flexibility index (Phi) is 6.06. The first-order chi connectivity index (χ1) is 11.9. The summed E-state index contributed by atoms with van der Waals surface area (Å²) in [5, 5.41) is 4.08. The van der Waals surface area contributed by atoms with Crippen LogP contribution in [0.3, 0.4) is 0 Å². The Morgan fingerprint density at radius 2 is 1.56 bits per heavy atom. The van der Waals surface area contributed by atoms with Gasteiger partial charge in [0, 0.05) is 5.56 Å². The first-order valence-electron chi connectivity index (χ1n) is 7.85. The second-order valence-electron chi connectivity index (χ2n) is 5.42. The summed E-state index contributed by atoms with van der Waals surface area (Å²) in [4.78, 5) is 12.3. The monoisotopic (exact) mass is 359 g/mol. The van der Waals surface area contributed by atoms with Crippen LogP contribution in [0.5, 0.6) is 0 Å². The molecule has 0 aromatic heterocycles. The van der Waals surface area contributed by atoms with Gasteiger partial charge < -0.3 is 0 Å². The molecule has 0 aliphatic rings. The standard InChI is InChI=1S/C18H21N3O3S/c1-4-14-5-7-16(8-6-14)18(22)21-20-13(2)15-9-11-17(12-10-15)25(23,24)19-3/h5-12,19H,4H2,1-3H3,(H,21,22)/b20-13-. The number of carbonyl (C=O) groups excluding carboxylic acids is 1. The van der Waals surface area contributed by atoms with Gasteiger partial charge >= 0.3 is 0 Å². The van der Waals surface area contributed by atoms with Gasteiger partial charge in [-0.1, -0.05) is 31.2 Å². The average Bonchev–Trinajstić information content (AvgIpc) is 2.66. The molecule has 2 aromatic rings. The highest BCUT2D eigenvalue weighted by atomic mass is 32.2. The summed E-state index contributed by atoms with van der Waals surface area (Å²) >= 11 is 0. The molecule has 2 N–H and O–H groups in total. The molecule has 7 heteroatoms. The second kappa shape index (κ2) is 8.04. The van der Waals surface area contributed by atoms with E-state index >= 15 is 0 Å². The third-order valence-electron chi connectivity index (χ3n) is 3.80. The maximum absolute atomic E-state index is 12.1. The molecule has 0 fully saturated rings. The van der Waals surface area contributed by atoms with Crippen LogP contribution in [-0.4, -0.2) is 27.1 Å². The zero-order valence-corrected chi connectivity index (χ0v) is 15.2. The topological polar surface area (TPSA) is 87.6 Å². The third-order valence-corrected chi connectivity index (χ3v) is 5.23. The molecule has 0 spiro atoms. The minimum Gasteiger partial charge on any atom is -0.267 e. The molecule has 0 aliphatic carbocycles. The molecule has 6 nitrogen and oxygen atoms in total. The molecule has 0 unspecified atom stereocenters. The smallest absolute Gasteiger partial charge is 0.267 e. The summed E-state index contributed by atoms with van der Waals surface area (Å²) < 4.78 is 25.7. The fourth-order valence-corrected chi connectivity index (χ4v) is 2.88. The fourth-order valence-electron chi connectivity index (χ4n) is 2.15. The number of sulfonamides is 1. The van der Waals surface area contributed by atoms with Crippen molar-refractivity contribution < 1.29 is 13.2 Å². The highest BCUT2D eigenvalue weighted by Crippen LogP contribution is 2.11. The van der Waals surface area contributed by atoms with Gasteiger partial charge in [-0.25, -0.2) is 18.6 Å². The van der Waals surface area contributed by atoms with Crippen LogP contribution in [0, 0.1) is 0 Å². The largest absolute Gasteiger partial charge is 0.271 e. The van der Waals surface area contributed by atoms with Crippen molar-refractivity contribution in [2.24, 2.45) is 5.10 Å². The van der Waals surface area contributed by atoms with Crippen LogP contribution >= 0.6 is 0 Å². The Balaban J connectivity index is 2.09. The lowest BCUT2D eigenvalue weighted by atomic mass is 10.1. The lowest BCUT2D eigenvalue weighted by molar-refractivity contribution is 0.0955. The summed E-state index contributed by atoms with van der Waals surface area (Å²) in [5.74, 6) is -0.295. The van der Waals surface area contributed by atoms with E-state index in [2.05, 4.69) is 22.2 Å². The van der Waals surface area contributed by atoms with Gasteiger partial charge in [-0.3, -0.25) is 4.79 Å². The van der Waals surface area contributed by atoms with E-state index in [1.807, 2.05) is 12.1 Å². The predicted octanol–water partition coefficient (Wildman–Crippen LogP) is 2.31. The first-order valence-corrected chi connectivity index (χ1v) is 9.33. The van der Waals surface area contributed by atoms with Gasteiger partial charge in [0.05, 0.1) is 10.6 Å². The maximum Gasteiger partial charge on any atom is 0.271 e. The van der Waals surface area contributed by atoms with Crippen LogP contribution in [0.25, 0.3) is 0 Å².